The van der Waals surface area contributed by atoms with Crippen LogP contribution in [0.15, 0.2) is 10.7 Å². The summed E-state index contributed by atoms with van der Waals surface area (Å²) in [5.74, 6) is 3.27. The molecule has 0 amide bonds. The van der Waals surface area contributed by atoms with Crippen molar-refractivity contribution in [2.75, 3.05) is 11.5 Å². The van der Waals surface area contributed by atoms with E-state index < -0.39 is 0 Å². The van der Waals surface area contributed by atoms with E-state index in [4.69, 9.17) is 0 Å². The average molecular weight is 261 g/mol. The summed E-state index contributed by atoms with van der Waals surface area (Å²) in [4.78, 5) is 0. The third-order valence-electron chi connectivity index (χ3n) is 2.48. The lowest BCUT2D eigenvalue weighted by Crippen LogP contribution is -2.08. The lowest BCUT2D eigenvalue weighted by atomic mass is 9.99. The van der Waals surface area contributed by atoms with Crippen molar-refractivity contribution in [2.24, 2.45) is 7.05 Å². The van der Waals surface area contributed by atoms with Crippen LogP contribution in [0.1, 0.15) is 24.5 Å². The van der Waals surface area contributed by atoms with Gasteiger partial charge in [-0.1, -0.05) is 0 Å². The normalized spacial score (nSPS) is 19.2. The SMILES string of the molecule is Cn1nc(C2CCSCC2)cc1Br. The van der Waals surface area contributed by atoms with Crippen LogP contribution in [0.2, 0.25) is 0 Å². The van der Waals surface area contributed by atoms with Gasteiger partial charge in [-0.05, 0) is 46.3 Å². The molecule has 1 aromatic heterocycles. The van der Waals surface area contributed by atoms with Crippen LogP contribution in [0.4, 0.5) is 0 Å². The maximum Gasteiger partial charge on any atom is 0.104 e. The highest BCUT2D eigenvalue weighted by atomic mass is 79.9. The van der Waals surface area contributed by atoms with E-state index in [1.54, 1.807) is 0 Å². The first kappa shape index (κ1) is 9.59. The van der Waals surface area contributed by atoms with Crippen molar-refractivity contribution in [3.8, 4) is 0 Å². The van der Waals surface area contributed by atoms with Gasteiger partial charge < -0.3 is 0 Å². The molecule has 0 aliphatic carbocycles. The number of thioether (sulfide) groups is 1. The lowest BCUT2D eigenvalue weighted by Gasteiger charge is -2.18. The van der Waals surface area contributed by atoms with Crippen molar-refractivity contribution < 1.29 is 0 Å². The average Bonchev–Trinajstić information content (AvgIpc) is 2.49. The predicted molar refractivity (Wildman–Crippen MR) is 60.2 cm³/mol. The second-order valence-corrected chi connectivity index (χ2v) is 5.44. The Morgan fingerprint density at radius 2 is 2.23 bits per heavy atom. The molecule has 1 aromatic rings. The molecule has 0 radical (unpaired) electrons. The highest BCUT2D eigenvalue weighted by Gasteiger charge is 2.18. The molecule has 0 aromatic carbocycles. The summed E-state index contributed by atoms with van der Waals surface area (Å²) in [6.45, 7) is 0. The molecule has 0 atom stereocenters. The third-order valence-corrected chi connectivity index (χ3v) is 4.27. The van der Waals surface area contributed by atoms with Gasteiger partial charge in [0, 0.05) is 13.0 Å². The van der Waals surface area contributed by atoms with Gasteiger partial charge in [0.2, 0.25) is 0 Å². The molecule has 4 heteroatoms. The molecule has 0 bridgehead atoms. The lowest BCUT2D eigenvalue weighted by molar-refractivity contribution is 0.599. The molecular formula is C9H13BrN2S. The quantitative estimate of drug-likeness (QED) is 0.773. The number of aromatic nitrogens is 2. The summed E-state index contributed by atoms with van der Waals surface area (Å²) < 4.78 is 2.98. The predicted octanol–water partition coefficient (Wildman–Crippen LogP) is 2.79. The maximum absolute atomic E-state index is 4.49. The smallest absolute Gasteiger partial charge is 0.104 e. The van der Waals surface area contributed by atoms with Gasteiger partial charge in [-0.25, -0.2) is 0 Å². The van der Waals surface area contributed by atoms with Gasteiger partial charge in [0.25, 0.3) is 0 Å². The number of halogens is 1. The summed E-state index contributed by atoms with van der Waals surface area (Å²) in [5.41, 5.74) is 1.26. The zero-order chi connectivity index (χ0) is 9.26. The molecule has 2 heterocycles. The van der Waals surface area contributed by atoms with Crippen LogP contribution in [-0.2, 0) is 7.05 Å². The summed E-state index contributed by atoms with van der Waals surface area (Å²) in [6.07, 6.45) is 2.57. The first-order chi connectivity index (χ1) is 6.27. The molecule has 13 heavy (non-hydrogen) atoms. The Morgan fingerprint density at radius 1 is 1.54 bits per heavy atom. The fourth-order valence-corrected chi connectivity index (χ4v) is 3.08. The van der Waals surface area contributed by atoms with E-state index in [-0.39, 0.29) is 0 Å². The fraction of sp³-hybridized carbons (Fsp3) is 0.667. The molecule has 72 valence electrons. The van der Waals surface area contributed by atoms with Gasteiger partial charge in [0.15, 0.2) is 0 Å². The fourth-order valence-electron chi connectivity index (χ4n) is 1.66. The molecule has 0 unspecified atom stereocenters. The Morgan fingerprint density at radius 3 is 2.77 bits per heavy atom. The second-order valence-electron chi connectivity index (χ2n) is 3.40. The van der Waals surface area contributed by atoms with Crippen LogP contribution in [-0.4, -0.2) is 21.3 Å². The number of nitrogens with zero attached hydrogens (tertiary/aromatic N) is 2. The molecule has 0 spiro atoms. The van der Waals surface area contributed by atoms with Gasteiger partial charge in [0.1, 0.15) is 4.60 Å². The molecule has 2 rings (SSSR count). The summed E-state index contributed by atoms with van der Waals surface area (Å²) in [7, 11) is 1.98. The highest BCUT2D eigenvalue weighted by Crippen LogP contribution is 2.31. The molecule has 2 nitrogen and oxygen atoms in total. The van der Waals surface area contributed by atoms with E-state index in [0.717, 1.165) is 4.60 Å². The van der Waals surface area contributed by atoms with Gasteiger partial charge in [-0.3, -0.25) is 4.68 Å². The Kier molecular flexibility index (Phi) is 2.99. The molecule has 1 fully saturated rings. The minimum Gasteiger partial charge on any atom is -0.261 e. The van der Waals surface area contributed by atoms with E-state index in [1.807, 2.05) is 11.7 Å². The van der Waals surface area contributed by atoms with Crippen LogP contribution in [0.3, 0.4) is 0 Å². The van der Waals surface area contributed by atoms with Crippen LogP contribution < -0.4 is 0 Å². The molecule has 1 aliphatic heterocycles. The van der Waals surface area contributed by atoms with Gasteiger partial charge >= 0.3 is 0 Å². The van der Waals surface area contributed by atoms with E-state index >= 15 is 0 Å². The maximum atomic E-state index is 4.49. The molecule has 0 saturated carbocycles. The Hall–Kier alpha value is 0.0400. The summed E-state index contributed by atoms with van der Waals surface area (Å²) in [6, 6.07) is 2.15. The van der Waals surface area contributed by atoms with Gasteiger partial charge in [-0.15, -0.1) is 0 Å². The largest absolute Gasteiger partial charge is 0.261 e. The standard InChI is InChI=1S/C9H13BrN2S/c1-12-9(10)6-8(11-12)7-2-4-13-5-3-7/h6-7H,2-5H2,1H3. The van der Waals surface area contributed by atoms with E-state index in [9.17, 15) is 0 Å². The van der Waals surface area contributed by atoms with Gasteiger partial charge in [-0.2, -0.15) is 16.9 Å². The first-order valence-corrected chi connectivity index (χ1v) is 6.49. The summed E-state index contributed by atoms with van der Waals surface area (Å²) >= 11 is 5.54. The number of rotatable bonds is 1. The van der Waals surface area contributed by atoms with Crippen molar-refractivity contribution >= 4 is 27.7 Å². The second kappa shape index (κ2) is 4.05. The molecular weight excluding hydrogens is 248 g/mol. The zero-order valence-electron chi connectivity index (χ0n) is 7.66. The Labute approximate surface area is 91.2 Å². The number of aryl methyl sites for hydroxylation is 1. The molecule has 0 N–H and O–H groups in total. The Balaban J connectivity index is 2.14. The minimum absolute atomic E-state index is 0.693. The van der Waals surface area contributed by atoms with Crippen molar-refractivity contribution in [2.45, 2.75) is 18.8 Å². The van der Waals surface area contributed by atoms with Gasteiger partial charge in [0.05, 0.1) is 5.69 Å². The Bertz CT molecular complexity index is 272. The topological polar surface area (TPSA) is 17.8 Å². The van der Waals surface area contributed by atoms with Crippen molar-refractivity contribution in [3.05, 3.63) is 16.4 Å². The van der Waals surface area contributed by atoms with Crippen LogP contribution in [0.5, 0.6) is 0 Å². The number of hydrogen-bond donors (Lipinski definition) is 0. The minimum atomic E-state index is 0.693. The van der Waals surface area contributed by atoms with E-state index in [1.165, 1.54) is 30.0 Å². The number of hydrogen-bond acceptors (Lipinski definition) is 2. The van der Waals surface area contributed by atoms with Crippen LogP contribution >= 0.6 is 27.7 Å². The van der Waals surface area contributed by atoms with E-state index in [0.29, 0.717) is 5.92 Å². The monoisotopic (exact) mass is 260 g/mol. The molecule has 1 aliphatic rings. The summed E-state index contributed by atoms with van der Waals surface area (Å²) in [5, 5.41) is 4.49. The van der Waals surface area contributed by atoms with Crippen molar-refractivity contribution in [3.63, 3.8) is 0 Å². The molecule has 1 saturated heterocycles. The third kappa shape index (κ3) is 2.10. The van der Waals surface area contributed by atoms with Crippen molar-refractivity contribution in [1.29, 1.82) is 0 Å². The highest BCUT2D eigenvalue weighted by molar-refractivity contribution is 9.10. The zero-order valence-corrected chi connectivity index (χ0v) is 10.1. The first-order valence-electron chi connectivity index (χ1n) is 4.54. The van der Waals surface area contributed by atoms with Crippen molar-refractivity contribution in [1.82, 2.24) is 9.78 Å². The van der Waals surface area contributed by atoms with Crippen LogP contribution in [0.25, 0.3) is 0 Å². The van der Waals surface area contributed by atoms with E-state index in [2.05, 4.69) is 38.9 Å². The van der Waals surface area contributed by atoms with Crippen LogP contribution in [0, 0.1) is 0 Å².